The standard InChI is InChI=1S/C20H22N2O3.C11H14N2/c1-13(2)14-5-7-16-11-22(21-18(16)9-14)12-17-8-6-15(20(23)25-4)10-19(17)24-3;1-8(2)9-4-5-10-7-13(3)12-11(10)6-9/h5-11,13H,12H2,1-4H3;4-8H,1-3H3. The first-order chi connectivity index (χ1) is 18.2. The number of methoxy groups -OCH3 is 2. The molecule has 7 nitrogen and oxygen atoms in total. The van der Waals surface area contributed by atoms with E-state index < -0.39 is 0 Å². The Labute approximate surface area is 224 Å². The van der Waals surface area contributed by atoms with E-state index in [1.54, 1.807) is 19.2 Å². The van der Waals surface area contributed by atoms with Gasteiger partial charge in [0, 0.05) is 35.8 Å². The zero-order valence-electron chi connectivity index (χ0n) is 23.2. The molecule has 2 heterocycles. The van der Waals surface area contributed by atoms with Gasteiger partial charge in [0.25, 0.3) is 0 Å². The Bertz CT molecular complexity index is 1560. The SMILES string of the molecule is CC(C)c1ccc2cn(C)nc2c1.COC(=O)c1ccc(Cn2cc3ccc(C(C)C)cc3n2)c(OC)c1. The highest BCUT2D eigenvalue weighted by atomic mass is 16.5. The van der Waals surface area contributed by atoms with Crippen LogP contribution in [0.15, 0.2) is 67.0 Å². The van der Waals surface area contributed by atoms with Gasteiger partial charge in [-0.3, -0.25) is 9.36 Å². The summed E-state index contributed by atoms with van der Waals surface area (Å²) < 4.78 is 13.9. The lowest BCUT2D eigenvalue weighted by atomic mass is 10.0. The maximum Gasteiger partial charge on any atom is 0.337 e. The van der Waals surface area contributed by atoms with E-state index in [0.717, 1.165) is 22.0 Å². The van der Waals surface area contributed by atoms with Crippen LogP contribution in [0.1, 0.15) is 66.6 Å². The van der Waals surface area contributed by atoms with E-state index in [1.165, 1.54) is 23.6 Å². The number of fused-ring (bicyclic) bond motifs is 2. The van der Waals surface area contributed by atoms with Crippen LogP contribution < -0.4 is 4.74 Å². The molecule has 3 aromatic carbocycles. The second kappa shape index (κ2) is 11.5. The first-order valence-electron chi connectivity index (χ1n) is 12.8. The van der Waals surface area contributed by atoms with E-state index in [4.69, 9.17) is 9.47 Å². The van der Waals surface area contributed by atoms with Crippen LogP contribution in [0.5, 0.6) is 5.75 Å². The number of ether oxygens (including phenoxy) is 2. The van der Waals surface area contributed by atoms with Crippen molar-refractivity contribution >= 4 is 27.8 Å². The quantitative estimate of drug-likeness (QED) is 0.237. The number of aromatic nitrogens is 4. The number of hydrogen-bond acceptors (Lipinski definition) is 5. The summed E-state index contributed by atoms with van der Waals surface area (Å²) in [5.41, 5.74) is 6.12. The van der Waals surface area contributed by atoms with Gasteiger partial charge < -0.3 is 9.47 Å². The average Bonchev–Trinajstić information content (AvgIpc) is 3.49. The molecule has 0 aliphatic heterocycles. The summed E-state index contributed by atoms with van der Waals surface area (Å²) in [5.74, 6) is 1.31. The molecule has 0 spiro atoms. The van der Waals surface area contributed by atoms with E-state index >= 15 is 0 Å². The minimum Gasteiger partial charge on any atom is -0.496 e. The van der Waals surface area contributed by atoms with E-state index in [-0.39, 0.29) is 5.97 Å². The van der Waals surface area contributed by atoms with Gasteiger partial charge in [-0.1, -0.05) is 58.0 Å². The van der Waals surface area contributed by atoms with Crippen molar-refractivity contribution in [3.05, 3.63) is 89.2 Å². The van der Waals surface area contributed by atoms with E-state index in [0.29, 0.717) is 29.7 Å². The minimum absolute atomic E-state index is 0.379. The first kappa shape index (κ1) is 26.9. The number of hydrogen-bond donors (Lipinski definition) is 0. The van der Waals surface area contributed by atoms with E-state index in [1.807, 2.05) is 34.9 Å². The summed E-state index contributed by atoms with van der Waals surface area (Å²) >= 11 is 0. The van der Waals surface area contributed by atoms with Crippen molar-refractivity contribution in [3.8, 4) is 5.75 Å². The number of esters is 1. The van der Waals surface area contributed by atoms with Crippen molar-refractivity contribution in [3.63, 3.8) is 0 Å². The van der Waals surface area contributed by atoms with Gasteiger partial charge in [0.1, 0.15) is 5.75 Å². The van der Waals surface area contributed by atoms with Gasteiger partial charge >= 0.3 is 5.97 Å². The fraction of sp³-hybridized carbons (Fsp3) is 0.323. The molecule has 198 valence electrons. The Balaban J connectivity index is 0.000000216. The van der Waals surface area contributed by atoms with Crippen molar-refractivity contribution in [1.82, 2.24) is 19.6 Å². The Kier molecular flexibility index (Phi) is 8.15. The van der Waals surface area contributed by atoms with Crippen LogP contribution in [0.3, 0.4) is 0 Å². The molecule has 0 aliphatic rings. The summed E-state index contributed by atoms with van der Waals surface area (Å²) in [5, 5.41) is 11.4. The largest absolute Gasteiger partial charge is 0.496 e. The fourth-order valence-corrected chi connectivity index (χ4v) is 4.33. The molecule has 5 rings (SSSR count). The van der Waals surface area contributed by atoms with E-state index in [9.17, 15) is 4.79 Å². The van der Waals surface area contributed by atoms with Crippen molar-refractivity contribution in [2.24, 2.45) is 7.05 Å². The van der Waals surface area contributed by atoms with E-state index in [2.05, 4.69) is 74.3 Å². The number of nitrogens with zero attached hydrogens (tertiary/aromatic N) is 4. The van der Waals surface area contributed by atoms with Crippen LogP contribution in [0.4, 0.5) is 0 Å². The molecular weight excluding hydrogens is 476 g/mol. The Hall–Kier alpha value is -4.13. The highest BCUT2D eigenvalue weighted by Crippen LogP contribution is 2.24. The van der Waals surface area contributed by atoms with Crippen molar-refractivity contribution < 1.29 is 14.3 Å². The van der Waals surface area contributed by atoms with Crippen LogP contribution in [0.25, 0.3) is 21.8 Å². The smallest absolute Gasteiger partial charge is 0.337 e. The van der Waals surface area contributed by atoms with Crippen molar-refractivity contribution in [2.75, 3.05) is 14.2 Å². The molecule has 0 saturated heterocycles. The maximum absolute atomic E-state index is 11.7. The Morgan fingerprint density at radius 2 is 1.42 bits per heavy atom. The zero-order valence-corrected chi connectivity index (χ0v) is 23.2. The summed E-state index contributed by atoms with van der Waals surface area (Å²) in [7, 11) is 4.91. The summed E-state index contributed by atoms with van der Waals surface area (Å²) in [6.07, 6.45) is 4.06. The molecule has 5 aromatic rings. The lowest BCUT2D eigenvalue weighted by Crippen LogP contribution is -2.05. The normalized spacial score (nSPS) is 11.2. The van der Waals surface area contributed by atoms with Crippen LogP contribution in [0, 0.1) is 0 Å². The lowest BCUT2D eigenvalue weighted by Gasteiger charge is -2.10. The second-order valence-electron chi connectivity index (χ2n) is 10.1. The number of aryl methyl sites for hydroxylation is 1. The van der Waals surface area contributed by atoms with Crippen LogP contribution in [-0.2, 0) is 18.3 Å². The zero-order chi connectivity index (χ0) is 27.4. The van der Waals surface area contributed by atoms with Gasteiger partial charge in [-0.2, -0.15) is 10.2 Å². The van der Waals surface area contributed by atoms with Crippen LogP contribution >= 0.6 is 0 Å². The molecule has 7 heteroatoms. The molecule has 0 aliphatic carbocycles. The number of rotatable bonds is 6. The summed E-state index contributed by atoms with van der Waals surface area (Å²) in [4.78, 5) is 11.7. The van der Waals surface area contributed by atoms with Gasteiger partial charge in [-0.05, 0) is 47.2 Å². The molecular formula is C31H36N4O3. The number of carbonyl (C=O) groups excluding carboxylic acids is 1. The topological polar surface area (TPSA) is 71.2 Å². The molecule has 0 saturated carbocycles. The molecule has 2 aromatic heterocycles. The molecule has 0 bridgehead atoms. The minimum atomic E-state index is -0.379. The molecule has 0 radical (unpaired) electrons. The van der Waals surface area contributed by atoms with Crippen LogP contribution in [0.2, 0.25) is 0 Å². The van der Waals surface area contributed by atoms with Crippen LogP contribution in [-0.4, -0.2) is 39.7 Å². The Morgan fingerprint density at radius 3 is 2.00 bits per heavy atom. The summed E-state index contributed by atoms with van der Waals surface area (Å²) in [6, 6.07) is 18.2. The predicted octanol–water partition coefficient (Wildman–Crippen LogP) is 6.70. The van der Waals surface area contributed by atoms with Gasteiger partial charge in [-0.25, -0.2) is 4.79 Å². The van der Waals surface area contributed by atoms with Gasteiger partial charge in [-0.15, -0.1) is 0 Å². The molecule has 0 unspecified atom stereocenters. The first-order valence-corrected chi connectivity index (χ1v) is 12.8. The lowest BCUT2D eigenvalue weighted by molar-refractivity contribution is 0.0600. The third-order valence-electron chi connectivity index (χ3n) is 6.60. The molecule has 38 heavy (non-hydrogen) atoms. The third-order valence-corrected chi connectivity index (χ3v) is 6.60. The molecule has 0 N–H and O–H groups in total. The third kappa shape index (κ3) is 6.05. The Morgan fingerprint density at radius 1 is 0.816 bits per heavy atom. The molecule has 0 atom stereocenters. The molecule has 0 fully saturated rings. The van der Waals surface area contributed by atoms with Crippen molar-refractivity contribution in [2.45, 2.75) is 46.1 Å². The number of carbonyl (C=O) groups is 1. The highest BCUT2D eigenvalue weighted by molar-refractivity contribution is 5.90. The number of benzene rings is 3. The summed E-state index contributed by atoms with van der Waals surface area (Å²) in [6.45, 7) is 9.31. The monoisotopic (exact) mass is 512 g/mol. The van der Waals surface area contributed by atoms with Gasteiger partial charge in [0.05, 0.1) is 37.4 Å². The van der Waals surface area contributed by atoms with Gasteiger partial charge in [0.2, 0.25) is 0 Å². The van der Waals surface area contributed by atoms with Gasteiger partial charge in [0.15, 0.2) is 0 Å². The maximum atomic E-state index is 11.7. The molecule has 0 amide bonds. The van der Waals surface area contributed by atoms with Crippen molar-refractivity contribution in [1.29, 1.82) is 0 Å². The average molecular weight is 513 g/mol. The highest BCUT2D eigenvalue weighted by Gasteiger charge is 2.12. The second-order valence-corrected chi connectivity index (χ2v) is 10.1. The fourth-order valence-electron chi connectivity index (χ4n) is 4.33. The predicted molar refractivity (Wildman–Crippen MR) is 152 cm³/mol.